The van der Waals surface area contributed by atoms with E-state index in [1.165, 1.54) is 0 Å². The third kappa shape index (κ3) is 2.67. The van der Waals surface area contributed by atoms with Gasteiger partial charge in [0.25, 0.3) is 0 Å². The Morgan fingerprint density at radius 2 is 2.27 bits per heavy atom. The van der Waals surface area contributed by atoms with E-state index in [0.717, 1.165) is 43.0 Å². The van der Waals surface area contributed by atoms with Gasteiger partial charge in [0.05, 0.1) is 11.2 Å². The van der Waals surface area contributed by atoms with Crippen molar-refractivity contribution < 1.29 is 4.79 Å². The van der Waals surface area contributed by atoms with Gasteiger partial charge in [0, 0.05) is 51.9 Å². The van der Waals surface area contributed by atoms with Crippen LogP contribution in [0.25, 0.3) is 5.52 Å². The largest absolute Gasteiger partial charge is 0.361 e. The molecule has 1 fully saturated rings. The Labute approximate surface area is 131 Å². The Morgan fingerprint density at radius 1 is 1.45 bits per heavy atom. The van der Waals surface area contributed by atoms with Crippen molar-refractivity contribution in [2.45, 2.75) is 32.1 Å². The van der Waals surface area contributed by atoms with E-state index in [9.17, 15) is 4.79 Å². The molecule has 0 saturated carbocycles. The first-order chi connectivity index (χ1) is 10.6. The van der Waals surface area contributed by atoms with E-state index in [1.54, 1.807) is 0 Å². The van der Waals surface area contributed by atoms with E-state index in [2.05, 4.69) is 27.8 Å². The average Bonchev–Trinajstić information content (AvgIpc) is 3.01. The number of hydrogen-bond donors (Lipinski definition) is 0. The van der Waals surface area contributed by atoms with Crippen LogP contribution in [-0.4, -0.2) is 47.4 Å². The Bertz CT molecular complexity index is 676. The highest BCUT2D eigenvalue weighted by molar-refractivity contribution is 5.76. The second kappa shape index (κ2) is 5.99. The molecule has 22 heavy (non-hydrogen) atoms. The van der Waals surface area contributed by atoms with Crippen LogP contribution in [0.15, 0.2) is 24.5 Å². The van der Waals surface area contributed by atoms with Gasteiger partial charge in [-0.1, -0.05) is 6.92 Å². The molecule has 0 N–H and O–H groups in total. The van der Waals surface area contributed by atoms with Crippen molar-refractivity contribution in [3.8, 4) is 0 Å². The summed E-state index contributed by atoms with van der Waals surface area (Å²) < 4.78 is 2.14. The number of nitrogens with zero attached hydrogens (tertiary/aromatic N) is 4. The van der Waals surface area contributed by atoms with Crippen LogP contribution in [0, 0.1) is 0 Å². The smallest absolute Gasteiger partial charge is 0.222 e. The molecule has 2 aromatic heterocycles. The molecule has 0 bridgehead atoms. The molecule has 3 rings (SSSR count). The lowest BCUT2D eigenvalue weighted by molar-refractivity contribution is -0.132. The van der Waals surface area contributed by atoms with E-state index in [1.807, 2.05) is 32.0 Å². The van der Waals surface area contributed by atoms with E-state index in [0.29, 0.717) is 12.3 Å². The Balaban J connectivity index is 1.94. The van der Waals surface area contributed by atoms with Crippen LogP contribution < -0.4 is 4.90 Å². The van der Waals surface area contributed by atoms with Gasteiger partial charge in [0.15, 0.2) is 5.82 Å². The number of carbonyl (C=O) groups excluding carboxylic acids is 1. The van der Waals surface area contributed by atoms with Crippen LogP contribution in [-0.2, 0) is 4.79 Å². The zero-order valence-corrected chi connectivity index (χ0v) is 13.6. The van der Waals surface area contributed by atoms with Crippen molar-refractivity contribution in [1.82, 2.24) is 14.3 Å². The number of carbonyl (C=O) groups is 1. The van der Waals surface area contributed by atoms with Crippen LogP contribution in [0.4, 0.5) is 5.82 Å². The van der Waals surface area contributed by atoms with Gasteiger partial charge in [-0.15, -0.1) is 0 Å². The fourth-order valence-corrected chi connectivity index (χ4v) is 3.24. The maximum atomic E-state index is 12.0. The fraction of sp³-hybridized carbons (Fsp3) is 0.529. The number of anilines is 1. The number of fused-ring (bicyclic) bond motifs is 1. The van der Waals surface area contributed by atoms with E-state index in [-0.39, 0.29) is 5.91 Å². The normalized spacial score (nSPS) is 18.7. The fourth-order valence-electron chi connectivity index (χ4n) is 3.24. The maximum absolute atomic E-state index is 12.0. The number of likely N-dealkylation sites (tertiary alicyclic amines) is 1. The average molecular weight is 300 g/mol. The minimum Gasteiger partial charge on any atom is -0.361 e. The van der Waals surface area contributed by atoms with Crippen molar-refractivity contribution in [2.75, 3.05) is 32.1 Å². The molecule has 5 heteroatoms. The molecular formula is C17H24N4O. The molecular weight excluding hydrogens is 276 g/mol. The lowest BCUT2D eigenvalue weighted by Gasteiger charge is -2.32. The van der Waals surface area contributed by atoms with Gasteiger partial charge in [0.2, 0.25) is 5.91 Å². The molecule has 1 amide bonds. The summed E-state index contributed by atoms with van der Waals surface area (Å²) in [6.07, 6.45) is 6.91. The lowest BCUT2D eigenvalue weighted by Crippen LogP contribution is -2.39. The Morgan fingerprint density at radius 3 is 3.00 bits per heavy atom. The predicted molar refractivity (Wildman–Crippen MR) is 88.4 cm³/mol. The molecule has 118 valence electrons. The van der Waals surface area contributed by atoms with Crippen LogP contribution in [0.5, 0.6) is 0 Å². The SMILES string of the molecule is CCC(=O)N1CCC[C@@H](c2cn3cccc3c(N(C)C)n2)C1. The van der Waals surface area contributed by atoms with Gasteiger partial charge < -0.3 is 14.2 Å². The molecule has 1 atom stereocenters. The monoisotopic (exact) mass is 300 g/mol. The Kier molecular flexibility index (Phi) is 4.05. The standard InChI is InChI=1S/C17H24N4O/c1-4-16(22)21-10-5-7-13(11-21)14-12-20-9-6-8-15(20)17(18-14)19(2)3/h6,8-9,12-13H,4-5,7,10-11H2,1-3H3/t13-/m1/s1. The summed E-state index contributed by atoms with van der Waals surface area (Å²) in [5.74, 6) is 1.57. The molecule has 0 spiro atoms. The zero-order valence-electron chi connectivity index (χ0n) is 13.6. The van der Waals surface area contributed by atoms with Crippen molar-refractivity contribution in [3.05, 3.63) is 30.2 Å². The number of piperidine rings is 1. The summed E-state index contributed by atoms with van der Waals surface area (Å²) in [6, 6.07) is 4.13. The maximum Gasteiger partial charge on any atom is 0.222 e. The quantitative estimate of drug-likeness (QED) is 0.874. The third-order valence-electron chi connectivity index (χ3n) is 4.43. The molecule has 0 aromatic carbocycles. The first-order valence-electron chi connectivity index (χ1n) is 8.03. The molecule has 2 aromatic rings. The van der Waals surface area contributed by atoms with Crippen LogP contribution >= 0.6 is 0 Å². The number of hydrogen-bond acceptors (Lipinski definition) is 3. The third-order valence-corrected chi connectivity index (χ3v) is 4.43. The minimum atomic E-state index is 0.250. The molecule has 0 aliphatic carbocycles. The van der Waals surface area contributed by atoms with Crippen molar-refractivity contribution in [2.24, 2.45) is 0 Å². The van der Waals surface area contributed by atoms with E-state index < -0.39 is 0 Å². The second-order valence-corrected chi connectivity index (χ2v) is 6.22. The van der Waals surface area contributed by atoms with Gasteiger partial charge in [-0.2, -0.15) is 0 Å². The highest BCUT2D eigenvalue weighted by atomic mass is 16.2. The summed E-state index contributed by atoms with van der Waals surface area (Å²) >= 11 is 0. The highest BCUT2D eigenvalue weighted by Gasteiger charge is 2.25. The molecule has 5 nitrogen and oxygen atoms in total. The van der Waals surface area contributed by atoms with E-state index in [4.69, 9.17) is 4.98 Å². The minimum absolute atomic E-state index is 0.250. The molecule has 3 heterocycles. The summed E-state index contributed by atoms with van der Waals surface area (Å²) in [7, 11) is 4.04. The van der Waals surface area contributed by atoms with Crippen molar-refractivity contribution >= 4 is 17.2 Å². The number of rotatable bonds is 3. The highest BCUT2D eigenvalue weighted by Crippen LogP contribution is 2.29. The van der Waals surface area contributed by atoms with Gasteiger partial charge in [-0.25, -0.2) is 4.98 Å². The molecule has 0 radical (unpaired) electrons. The lowest BCUT2D eigenvalue weighted by atomic mass is 9.94. The van der Waals surface area contributed by atoms with Gasteiger partial charge in [0.1, 0.15) is 0 Å². The molecule has 0 unspecified atom stereocenters. The van der Waals surface area contributed by atoms with E-state index >= 15 is 0 Å². The van der Waals surface area contributed by atoms with Gasteiger partial charge in [-0.05, 0) is 25.0 Å². The van der Waals surface area contributed by atoms with Crippen LogP contribution in [0.2, 0.25) is 0 Å². The summed E-state index contributed by atoms with van der Waals surface area (Å²) in [5.41, 5.74) is 2.20. The Hall–Kier alpha value is -2.04. The topological polar surface area (TPSA) is 40.9 Å². The second-order valence-electron chi connectivity index (χ2n) is 6.22. The first kappa shape index (κ1) is 14.9. The molecule has 1 saturated heterocycles. The van der Waals surface area contributed by atoms with Gasteiger partial charge >= 0.3 is 0 Å². The summed E-state index contributed by atoms with van der Waals surface area (Å²) in [6.45, 7) is 3.61. The number of amides is 1. The first-order valence-corrected chi connectivity index (χ1v) is 8.03. The number of aromatic nitrogens is 2. The van der Waals surface area contributed by atoms with Gasteiger partial charge in [-0.3, -0.25) is 4.79 Å². The van der Waals surface area contributed by atoms with Crippen molar-refractivity contribution in [3.63, 3.8) is 0 Å². The molecule has 1 aliphatic rings. The van der Waals surface area contributed by atoms with Crippen LogP contribution in [0.3, 0.4) is 0 Å². The molecule has 1 aliphatic heterocycles. The van der Waals surface area contributed by atoms with Crippen LogP contribution in [0.1, 0.15) is 37.8 Å². The summed E-state index contributed by atoms with van der Waals surface area (Å²) in [4.78, 5) is 20.9. The predicted octanol–water partition coefficient (Wildman–Crippen LogP) is 2.52. The zero-order chi connectivity index (χ0) is 15.7. The van der Waals surface area contributed by atoms with Crippen molar-refractivity contribution in [1.29, 1.82) is 0 Å². The summed E-state index contributed by atoms with van der Waals surface area (Å²) in [5, 5.41) is 0.